The van der Waals surface area contributed by atoms with Crippen LogP contribution in [0.25, 0.3) is 0 Å². The molecule has 2 heterocycles. The molecule has 2 fully saturated rings. The first-order chi connectivity index (χ1) is 11.6. The van der Waals surface area contributed by atoms with Crippen LogP contribution in [0.4, 0.5) is 0 Å². The van der Waals surface area contributed by atoms with Gasteiger partial charge in [0.1, 0.15) is 6.04 Å². The number of piperidine rings is 1. The van der Waals surface area contributed by atoms with E-state index in [0.717, 1.165) is 5.56 Å². The molecule has 6 heteroatoms. The number of carbonyl (C=O) groups is 3. The van der Waals surface area contributed by atoms with Crippen LogP contribution in [0.5, 0.6) is 0 Å². The third-order valence-corrected chi connectivity index (χ3v) is 5.02. The van der Waals surface area contributed by atoms with Gasteiger partial charge in [0, 0.05) is 32.0 Å². The summed E-state index contributed by atoms with van der Waals surface area (Å²) in [5, 5.41) is 0. The second-order valence-electron chi connectivity index (χ2n) is 6.56. The molecule has 0 saturated carbocycles. The van der Waals surface area contributed by atoms with Crippen molar-refractivity contribution in [2.45, 2.75) is 38.3 Å². The van der Waals surface area contributed by atoms with Gasteiger partial charge in [0.25, 0.3) is 0 Å². The van der Waals surface area contributed by atoms with Crippen molar-refractivity contribution < 1.29 is 14.4 Å². The summed E-state index contributed by atoms with van der Waals surface area (Å²) in [5.74, 6) is -0.396. The average Bonchev–Trinajstić information content (AvgIpc) is 2.96. The molecule has 2 N–H and O–H groups in total. The molecule has 2 saturated heterocycles. The molecular formula is C18H23N3O3. The number of hydrogen-bond donors (Lipinski definition) is 1. The van der Waals surface area contributed by atoms with Gasteiger partial charge in [0.15, 0.2) is 0 Å². The summed E-state index contributed by atoms with van der Waals surface area (Å²) in [4.78, 5) is 39.8. The molecule has 0 spiro atoms. The normalized spacial score (nSPS) is 22.0. The SMILES string of the molecule is NC(=O)C1CCN(C(=O)C2CCC(=O)N2Cc2ccccc2)CC1. The van der Waals surface area contributed by atoms with E-state index in [4.69, 9.17) is 5.73 Å². The van der Waals surface area contributed by atoms with Crippen molar-refractivity contribution in [3.05, 3.63) is 35.9 Å². The van der Waals surface area contributed by atoms with E-state index >= 15 is 0 Å². The minimum atomic E-state index is -0.386. The van der Waals surface area contributed by atoms with E-state index in [-0.39, 0.29) is 29.7 Å². The Balaban J connectivity index is 1.65. The lowest BCUT2D eigenvalue weighted by atomic mass is 9.95. The van der Waals surface area contributed by atoms with Crippen molar-refractivity contribution in [1.82, 2.24) is 9.80 Å². The van der Waals surface area contributed by atoms with E-state index in [1.54, 1.807) is 9.80 Å². The standard InChI is InChI=1S/C18H23N3O3/c19-17(23)14-8-10-20(11-9-14)18(24)15-6-7-16(22)21(15)12-13-4-2-1-3-5-13/h1-5,14-15H,6-12H2,(H2,19,23). The first-order valence-electron chi connectivity index (χ1n) is 8.48. The molecule has 3 rings (SSSR count). The molecular weight excluding hydrogens is 306 g/mol. The molecule has 1 atom stereocenters. The molecule has 3 amide bonds. The van der Waals surface area contributed by atoms with Crippen LogP contribution >= 0.6 is 0 Å². The van der Waals surface area contributed by atoms with Crippen molar-refractivity contribution in [2.75, 3.05) is 13.1 Å². The zero-order chi connectivity index (χ0) is 17.1. The maximum absolute atomic E-state index is 12.8. The van der Waals surface area contributed by atoms with Crippen LogP contribution in [-0.2, 0) is 20.9 Å². The summed E-state index contributed by atoms with van der Waals surface area (Å²) in [7, 11) is 0. The van der Waals surface area contributed by atoms with E-state index in [9.17, 15) is 14.4 Å². The molecule has 24 heavy (non-hydrogen) atoms. The van der Waals surface area contributed by atoms with Crippen LogP contribution in [0.1, 0.15) is 31.2 Å². The topological polar surface area (TPSA) is 83.7 Å². The second-order valence-corrected chi connectivity index (χ2v) is 6.56. The third-order valence-electron chi connectivity index (χ3n) is 5.02. The van der Waals surface area contributed by atoms with Crippen LogP contribution in [0.3, 0.4) is 0 Å². The Morgan fingerprint density at radius 1 is 1.08 bits per heavy atom. The number of nitrogens with two attached hydrogens (primary N) is 1. The monoisotopic (exact) mass is 329 g/mol. The summed E-state index contributed by atoms with van der Waals surface area (Å²) in [6.45, 7) is 1.54. The fraction of sp³-hybridized carbons (Fsp3) is 0.500. The molecule has 2 aliphatic rings. The predicted molar refractivity (Wildman–Crippen MR) is 88.5 cm³/mol. The number of primary amides is 1. The molecule has 1 unspecified atom stereocenters. The van der Waals surface area contributed by atoms with Gasteiger partial charge in [-0.05, 0) is 24.8 Å². The molecule has 0 bridgehead atoms. The smallest absolute Gasteiger partial charge is 0.245 e. The molecule has 1 aromatic carbocycles. The van der Waals surface area contributed by atoms with E-state index in [0.29, 0.717) is 45.3 Å². The number of benzene rings is 1. The fourth-order valence-corrected chi connectivity index (χ4v) is 3.56. The van der Waals surface area contributed by atoms with Crippen molar-refractivity contribution in [3.8, 4) is 0 Å². The molecule has 1 aromatic rings. The Morgan fingerprint density at radius 3 is 2.38 bits per heavy atom. The highest BCUT2D eigenvalue weighted by molar-refractivity contribution is 5.91. The first kappa shape index (κ1) is 16.5. The van der Waals surface area contributed by atoms with Gasteiger partial charge in [-0.15, -0.1) is 0 Å². The lowest BCUT2D eigenvalue weighted by Gasteiger charge is -2.34. The van der Waals surface area contributed by atoms with Crippen LogP contribution in [0, 0.1) is 5.92 Å². The highest BCUT2D eigenvalue weighted by Crippen LogP contribution is 2.25. The van der Waals surface area contributed by atoms with Gasteiger partial charge in [0.05, 0.1) is 0 Å². The van der Waals surface area contributed by atoms with E-state index in [1.807, 2.05) is 30.3 Å². The largest absolute Gasteiger partial charge is 0.369 e. The first-order valence-corrected chi connectivity index (χ1v) is 8.48. The summed E-state index contributed by atoms with van der Waals surface area (Å²) >= 11 is 0. The third kappa shape index (κ3) is 3.42. The molecule has 2 aliphatic heterocycles. The molecule has 128 valence electrons. The van der Waals surface area contributed by atoms with Gasteiger partial charge >= 0.3 is 0 Å². The Morgan fingerprint density at radius 2 is 1.75 bits per heavy atom. The lowest BCUT2D eigenvalue weighted by Crippen LogP contribution is -2.50. The maximum atomic E-state index is 12.8. The average molecular weight is 329 g/mol. The Bertz CT molecular complexity index is 624. The quantitative estimate of drug-likeness (QED) is 0.891. The summed E-state index contributed by atoms with van der Waals surface area (Å²) in [6, 6.07) is 9.34. The van der Waals surface area contributed by atoms with Crippen LogP contribution < -0.4 is 5.73 Å². The zero-order valence-corrected chi connectivity index (χ0v) is 13.7. The zero-order valence-electron chi connectivity index (χ0n) is 13.7. The van der Waals surface area contributed by atoms with Crippen molar-refractivity contribution in [1.29, 1.82) is 0 Å². The van der Waals surface area contributed by atoms with Gasteiger partial charge < -0.3 is 15.5 Å². The number of likely N-dealkylation sites (tertiary alicyclic amines) is 2. The molecule has 0 radical (unpaired) electrons. The second kappa shape index (κ2) is 7.03. The van der Waals surface area contributed by atoms with Gasteiger partial charge in [0.2, 0.25) is 17.7 Å². The Kier molecular flexibility index (Phi) is 4.83. The number of carbonyl (C=O) groups excluding carboxylic acids is 3. The summed E-state index contributed by atoms with van der Waals surface area (Å²) in [6.07, 6.45) is 2.21. The van der Waals surface area contributed by atoms with Crippen LogP contribution in [0.2, 0.25) is 0 Å². The predicted octanol–water partition coefficient (Wildman–Crippen LogP) is 0.901. The maximum Gasteiger partial charge on any atom is 0.245 e. The van der Waals surface area contributed by atoms with Gasteiger partial charge in [-0.3, -0.25) is 14.4 Å². The van der Waals surface area contributed by atoms with Crippen LogP contribution in [0.15, 0.2) is 30.3 Å². The fourth-order valence-electron chi connectivity index (χ4n) is 3.56. The van der Waals surface area contributed by atoms with E-state index < -0.39 is 0 Å². The summed E-state index contributed by atoms with van der Waals surface area (Å²) < 4.78 is 0. The minimum absolute atomic E-state index is 0.000276. The van der Waals surface area contributed by atoms with Gasteiger partial charge in [-0.1, -0.05) is 30.3 Å². The Hall–Kier alpha value is -2.37. The number of hydrogen-bond acceptors (Lipinski definition) is 3. The number of nitrogens with zero attached hydrogens (tertiary/aromatic N) is 2. The number of rotatable bonds is 4. The van der Waals surface area contributed by atoms with Gasteiger partial charge in [-0.2, -0.15) is 0 Å². The van der Waals surface area contributed by atoms with Crippen molar-refractivity contribution in [2.24, 2.45) is 11.7 Å². The molecule has 0 aromatic heterocycles. The van der Waals surface area contributed by atoms with E-state index in [2.05, 4.69) is 0 Å². The highest BCUT2D eigenvalue weighted by atomic mass is 16.2. The van der Waals surface area contributed by atoms with Crippen LogP contribution in [-0.4, -0.2) is 46.7 Å². The minimum Gasteiger partial charge on any atom is -0.369 e. The van der Waals surface area contributed by atoms with E-state index in [1.165, 1.54) is 0 Å². The number of amides is 3. The highest BCUT2D eigenvalue weighted by Gasteiger charge is 2.39. The molecule has 6 nitrogen and oxygen atoms in total. The van der Waals surface area contributed by atoms with Gasteiger partial charge in [-0.25, -0.2) is 0 Å². The molecule has 0 aliphatic carbocycles. The van der Waals surface area contributed by atoms with Crippen molar-refractivity contribution >= 4 is 17.7 Å². The lowest BCUT2D eigenvalue weighted by molar-refractivity contribution is -0.143. The summed E-state index contributed by atoms with van der Waals surface area (Å²) in [5.41, 5.74) is 6.37. The van der Waals surface area contributed by atoms with Crippen molar-refractivity contribution in [3.63, 3.8) is 0 Å². The Labute approximate surface area is 141 Å².